The van der Waals surface area contributed by atoms with Crippen LogP contribution < -0.4 is 14.8 Å². The lowest BCUT2D eigenvalue weighted by Crippen LogP contribution is -2.36. The molecule has 0 saturated carbocycles. The van der Waals surface area contributed by atoms with Crippen LogP contribution >= 0.6 is 11.6 Å². The number of tetrazole rings is 1. The molecular formula is C24H23ClN6O3. The number of carbonyl (C=O) groups excluding carboxylic acids is 1. The zero-order valence-corrected chi connectivity index (χ0v) is 19.1. The summed E-state index contributed by atoms with van der Waals surface area (Å²) in [6, 6.07) is 23.4. The number of aromatic amines is 1. The summed E-state index contributed by atoms with van der Waals surface area (Å²) in [5.74, 6) is 2.16. The van der Waals surface area contributed by atoms with Crippen LogP contribution in [0.2, 0.25) is 5.02 Å². The Hall–Kier alpha value is -3.95. The summed E-state index contributed by atoms with van der Waals surface area (Å²) in [6.45, 7) is 0.256. The number of hydrogen-bond acceptors (Lipinski definition) is 7. The molecule has 34 heavy (non-hydrogen) atoms. The van der Waals surface area contributed by atoms with Crippen molar-refractivity contribution in [2.45, 2.75) is 6.04 Å². The van der Waals surface area contributed by atoms with Gasteiger partial charge >= 0.3 is 0 Å². The Balaban J connectivity index is 1.35. The van der Waals surface area contributed by atoms with Gasteiger partial charge in [-0.15, -0.1) is 10.2 Å². The second-order valence-corrected chi connectivity index (χ2v) is 7.84. The molecule has 1 heterocycles. The SMILES string of the molecule is CN(CC(=O)Nc1ccc(Oc2ccccc2)cc1)C(COc1ccccc1Cl)c1nn[nH]n1. The van der Waals surface area contributed by atoms with Crippen molar-refractivity contribution in [3.63, 3.8) is 0 Å². The van der Waals surface area contributed by atoms with E-state index in [4.69, 9.17) is 21.1 Å². The molecule has 0 fully saturated rings. The van der Waals surface area contributed by atoms with Crippen molar-refractivity contribution in [2.24, 2.45) is 0 Å². The van der Waals surface area contributed by atoms with E-state index in [9.17, 15) is 4.79 Å². The Labute approximate surface area is 201 Å². The third-order valence-corrected chi connectivity index (χ3v) is 5.25. The van der Waals surface area contributed by atoms with Gasteiger partial charge in [0.1, 0.15) is 29.9 Å². The largest absolute Gasteiger partial charge is 0.490 e. The summed E-state index contributed by atoms with van der Waals surface area (Å²) in [7, 11) is 1.79. The molecule has 0 aliphatic rings. The zero-order valence-electron chi connectivity index (χ0n) is 18.4. The number of anilines is 1. The molecule has 174 valence electrons. The average Bonchev–Trinajstić information content (AvgIpc) is 3.37. The van der Waals surface area contributed by atoms with Crippen LogP contribution in [0.15, 0.2) is 78.9 Å². The zero-order chi connectivity index (χ0) is 23.8. The van der Waals surface area contributed by atoms with E-state index >= 15 is 0 Å². The maximum Gasteiger partial charge on any atom is 0.238 e. The van der Waals surface area contributed by atoms with Crippen molar-refractivity contribution < 1.29 is 14.3 Å². The minimum atomic E-state index is -0.428. The van der Waals surface area contributed by atoms with Crippen molar-refractivity contribution >= 4 is 23.2 Å². The summed E-state index contributed by atoms with van der Waals surface area (Å²) < 4.78 is 11.6. The summed E-state index contributed by atoms with van der Waals surface area (Å²) in [6.07, 6.45) is 0. The number of halogens is 1. The highest BCUT2D eigenvalue weighted by Gasteiger charge is 2.24. The molecule has 1 aromatic heterocycles. The van der Waals surface area contributed by atoms with Gasteiger partial charge in [-0.1, -0.05) is 47.1 Å². The molecule has 0 aliphatic heterocycles. The molecule has 0 spiro atoms. The summed E-state index contributed by atoms with van der Waals surface area (Å²) >= 11 is 6.18. The number of ether oxygens (including phenoxy) is 2. The van der Waals surface area contributed by atoms with Gasteiger partial charge in [0.25, 0.3) is 0 Å². The summed E-state index contributed by atoms with van der Waals surface area (Å²) in [5, 5.41) is 17.6. The molecule has 0 saturated heterocycles. The Morgan fingerprint density at radius 1 is 1.03 bits per heavy atom. The van der Waals surface area contributed by atoms with Crippen LogP contribution in [-0.4, -0.2) is 51.6 Å². The number of para-hydroxylation sites is 2. The van der Waals surface area contributed by atoms with Crippen LogP contribution in [0.3, 0.4) is 0 Å². The Morgan fingerprint density at radius 2 is 1.74 bits per heavy atom. The lowest BCUT2D eigenvalue weighted by Gasteiger charge is -2.25. The highest BCUT2D eigenvalue weighted by Crippen LogP contribution is 2.26. The van der Waals surface area contributed by atoms with Gasteiger partial charge in [-0.2, -0.15) is 5.21 Å². The van der Waals surface area contributed by atoms with E-state index in [1.807, 2.05) is 42.5 Å². The topological polar surface area (TPSA) is 105 Å². The number of amides is 1. The van der Waals surface area contributed by atoms with Crippen LogP contribution in [-0.2, 0) is 4.79 Å². The second-order valence-electron chi connectivity index (χ2n) is 7.43. The van der Waals surface area contributed by atoms with Crippen molar-refractivity contribution in [3.8, 4) is 17.2 Å². The Bertz CT molecular complexity index is 1190. The van der Waals surface area contributed by atoms with E-state index in [2.05, 4.69) is 25.9 Å². The van der Waals surface area contributed by atoms with E-state index in [0.717, 1.165) is 5.75 Å². The molecule has 1 unspecified atom stereocenters. The number of aromatic nitrogens is 4. The van der Waals surface area contributed by atoms with Crippen LogP contribution in [0, 0.1) is 0 Å². The first kappa shape index (κ1) is 23.2. The number of benzene rings is 3. The van der Waals surface area contributed by atoms with Crippen LogP contribution in [0.5, 0.6) is 17.2 Å². The van der Waals surface area contributed by atoms with Gasteiger partial charge in [0, 0.05) is 5.69 Å². The Kier molecular flexibility index (Phi) is 7.69. The average molecular weight is 479 g/mol. The maximum absolute atomic E-state index is 12.7. The van der Waals surface area contributed by atoms with Gasteiger partial charge in [-0.3, -0.25) is 9.69 Å². The van der Waals surface area contributed by atoms with E-state index in [1.54, 1.807) is 48.3 Å². The molecule has 2 N–H and O–H groups in total. The standard InChI is InChI=1S/C24H23ClN6O3/c1-31(21(24-27-29-30-28-24)16-33-22-10-6-5-9-20(22)25)15-23(32)26-17-11-13-19(14-12-17)34-18-7-3-2-4-8-18/h2-14,21H,15-16H2,1H3,(H,26,32)(H,27,28,29,30). The molecule has 0 bridgehead atoms. The first-order valence-corrected chi connectivity index (χ1v) is 10.9. The van der Waals surface area contributed by atoms with Gasteiger partial charge in [0.05, 0.1) is 11.6 Å². The third-order valence-electron chi connectivity index (χ3n) is 4.94. The molecule has 1 atom stereocenters. The summed E-state index contributed by atoms with van der Waals surface area (Å²) in [5.41, 5.74) is 0.655. The van der Waals surface area contributed by atoms with Gasteiger partial charge in [-0.25, -0.2) is 0 Å². The molecule has 0 radical (unpaired) electrons. The maximum atomic E-state index is 12.7. The minimum absolute atomic E-state index is 0.0767. The van der Waals surface area contributed by atoms with E-state index in [-0.39, 0.29) is 19.1 Å². The molecule has 3 aromatic carbocycles. The van der Waals surface area contributed by atoms with Crippen LogP contribution in [0.1, 0.15) is 11.9 Å². The van der Waals surface area contributed by atoms with E-state index in [0.29, 0.717) is 28.0 Å². The van der Waals surface area contributed by atoms with Gasteiger partial charge in [0.15, 0.2) is 5.82 Å². The monoisotopic (exact) mass is 478 g/mol. The van der Waals surface area contributed by atoms with Gasteiger partial charge in [-0.05, 0) is 55.6 Å². The quantitative estimate of drug-likeness (QED) is 0.349. The molecule has 10 heteroatoms. The van der Waals surface area contributed by atoms with Crippen LogP contribution in [0.25, 0.3) is 0 Å². The van der Waals surface area contributed by atoms with Crippen molar-refractivity contribution in [1.82, 2.24) is 25.5 Å². The fourth-order valence-electron chi connectivity index (χ4n) is 3.21. The van der Waals surface area contributed by atoms with Gasteiger partial charge in [0.2, 0.25) is 5.91 Å². The number of carbonyl (C=O) groups is 1. The number of nitrogens with one attached hydrogen (secondary N) is 2. The number of H-pyrrole nitrogens is 1. The molecule has 9 nitrogen and oxygen atoms in total. The van der Waals surface area contributed by atoms with Crippen LogP contribution in [0.4, 0.5) is 5.69 Å². The highest BCUT2D eigenvalue weighted by atomic mass is 35.5. The highest BCUT2D eigenvalue weighted by molar-refractivity contribution is 6.32. The Morgan fingerprint density at radius 3 is 2.44 bits per heavy atom. The molecule has 4 rings (SSSR count). The predicted octanol–water partition coefficient (Wildman–Crippen LogP) is 4.34. The molecule has 4 aromatic rings. The number of nitrogens with zero attached hydrogens (tertiary/aromatic N) is 4. The predicted molar refractivity (Wildman–Crippen MR) is 128 cm³/mol. The first-order chi connectivity index (χ1) is 16.6. The third kappa shape index (κ3) is 6.31. The fourth-order valence-corrected chi connectivity index (χ4v) is 3.40. The van der Waals surface area contributed by atoms with Crippen molar-refractivity contribution in [2.75, 3.05) is 25.5 Å². The minimum Gasteiger partial charge on any atom is -0.490 e. The van der Waals surface area contributed by atoms with E-state index < -0.39 is 6.04 Å². The second kappa shape index (κ2) is 11.3. The lowest BCUT2D eigenvalue weighted by molar-refractivity contribution is -0.117. The van der Waals surface area contributed by atoms with Gasteiger partial charge < -0.3 is 14.8 Å². The fraction of sp³-hybridized carbons (Fsp3) is 0.167. The first-order valence-electron chi connectivity index (χ1n) is 10.5. The van der Waals surface area contributed by atoms with E-state index in [1.165, 1.54) is 0 Å². The summed E-state index contributed by atoms with van der Waals surface area (Å²) in [4.78, 5) is 14.5. The molecular weight excluding hydrogens is 456 g/mol. The normalized spacial score (nSPS) is 11.7. The number of likely N-dealkylation sites (N-methyl/N-ethyl adjacent to an activating group) is 1. The number of rotatable bonds is 10. The molecule has 1 amide bonds. The van der Waals surface area contributed by atoms with Crippen molar-refractivity contribution in [3.05, 3.63) is 89.7 Å². The lowest BCUT2D eigenvalue weighted by atomic mass is 10.2. The smallest absolute Gasteiger partial charge is 0.238 e. The molecule has 0 aliphatic carbocycles. The number of hydrogen-bond donors (Lipinski definition) is 2. The van der Waals surface area contributed by atoms with Crippen molar-refractivity contribution in [1.29, 1.82) is 0 Å².